The number of pyridine rings is 1. The number of benzene rings is 1. The molecule has 2 aromatic rings. The van der Waals surface area contributed by atoms with Crippen molar-refractivity contribution in [1.82, 2.24) is 4.98 Å². The molecule has 0 aliphatic heterocycles. The molecule has 1 heterocycles. The molecule has 18 heavy (non-hydrogen) atoms. The fourth-order valence-electron chi connectivity index (χ4n) is 1.59. The van der Waals surface area contributed by atoms with Crippen molar-refractivity contribution in [2.45, 2.75) is 0 Å². The highest BCUT2D eigenvalue weighted by Gasteiger charge is 1.99. The average Bonchev–Trinajstić information content (AvgIpc) is 2.45. The lowest BCUT2D eigenvalue weighted by atomic mass is 10.1. The van der Waals surface area contributed by atoms with Crippen molar-refractivity contribution >= 4 is 12.2 Å². The van der Waals surface area contributed by atoms with Gasteiger partial charge >= 0.3 is 0 Å². The lowest BCUT2D eigenvalue weighted by molar-refractivity contribution is 0.394. The second-order valence-electron chi connectivity index (χ2n) is 3.77. The summed E-state index contributed by atoms with van der Waals surface area (Å²) in [6.45, 7) is 0. The third-order valence-corrected chi connectivity index (χ3v) is 2.53. The van der Waals surface area contributed by atoms with E-state index >= 15 is 0 Å². The first kappa shape index (κ1) is 12.2. The molecule has 0 saturated heterocycles. The van der Waals surface area contributed by atoms with Gasteiger partial charge in [-0.25, -0.2) is 0 Å². The van der Waals surface area contributed by atoms with Gasteiger partial charge in [-0.15, -0.1) is 0 Å². The lowest BCUT2D eigenvalue weighted by Gasteiger charge is -2.05. The molecular weight excluding hydrogens is 226 g/mol. The number of hydrogen-bond donors (Lipinski definition) is 0. The lowest BCUT2D eigenvalue weighted by Crippen LogP contribution is -1.88. The maximum atomic E-state index is 5.22. The standard InChI is InChI=1S/C15H15NO2/c1-17-14-8-13(9-15(10-14)18-2)6-5-12-4-3-7-16-11-12/h3-11H,1-2H3/b6-5-. The summed E-state index contributed by atoms with van der Waals surface area (Å²) in [7, 11) is 3.28. The number of rotatable bonds is 4. The fraction of sp³-hybridized carbons (Fsp3) is 0.133. The summed E-state index contributed by atoms with van der Waals surface area (Å²) in [5.41, 5.74) is 2.08. The van der Waals surface area contributed by atoms with E-state index in [4.69, 9.17) is 9.47 Å². The van der Waals surface area contributed by atoms with Gasteiger partial charge in [0.2, 0.25) is 0 Å². The zero-order valence-corrected chi connectivity index (χ0v) is 10.5. The summed E-state index contributed by atoms with van der Waals surface area (Å²) in [4.78, 5) is 4.06. The van der Waals surface area contributed by atoms with Gasteiger partial charge < -0.3 is 9.47 Å². The second kappa shape index (κ2) is 5.87. The van der Waals surface area contributed by atoms with Crippen LogP contribution in [0.2, 0.25) is 0 Å². The molecule has 2 rings (SSSR count). The van der Waals surface area contributed by atoms with Crippen LogP contribution in [0.5, 0.6) is 11.5 Å². The summed E-state index contributed by atoms with van der Waals surface area (Å²) >= 11 is 0. The van der Waals surface area contributed by atoms with Gasteiger partial charge in [0.15, 0.2) is 0 Å². The van der Waals surface area contributed by atoms with E-state index in [0.29, 0.717) is 0 Å². The largest absolute Gasteiger partial charge is 0.497 e. The Morgan fingerprint density at radius 3 is 2.17 bits per heavy atom. The highest BCUT2D eigenvalue weighted by Crippen LogP contribution is 2.23. The number of nitrogens with zero attached hydrogens (tertiary/aromatic N) is 1. The number of hydrogen-bond acceptors (Lipinski definition) is 3. The van der Waals surface area contributed by atoms with Crippen LogP contribution in [0, 0.1) is 0 Å². The molecule has 0 bridgehead atoms. The fourth-order valence-corrected chi connectivity index (χ4v) is 1.59. The van der Waals surface area contributed by atoms with Crippen molar-refractivity contribution in [2.75, 3.05) is 14.2 Å². The van der Waals surface area contributed by atoms with Gasteiger partial charge in [-0.2, -0.15) is 0 Å². The van der Waals surface area contributed by atoms with E-state index < -0.39 is 0 Å². The monoisotopic (exact) mass is 241 g/mol. The van der Waals surface area contributed by atoms with Crippen molar-refractivity contribution in [3.05, 3.63) is 53.9 Å². The van der Waals surface area contributed by atoms with E-state index in [1.54, 1.807) is 20.4 Å². The summed E-state index contributed by atoms with van der Waals surface area (Å²) in [6, 6.07) is 9.67. The van der Waals surface area contributed by atoms with Crippen molar-refractivity contribution < 1.29 is 9.47 Å². The van der Waals surface area contributed by atoms with Crippen LogP contribution in [-0.2, 0) is 0 Å². The number of methoxy groups -OCH3 is 2. The first-order valence-corrected chi connectivity index (χ1v) is 5.63. The molecule has 0 unspecified atom stereocenters. The highest BCUT2D eigenvalue weighted by molar-refractivity contribution is 5.70. The quantitative estimate of drug-likeness (QED) is 0.823. The third kappa shape index (κ3) is 3.10. The smallest absolute Gasteiger partial charge is 0.123 e. The van der Waals surface area contributed by atoms with E-state index in [1.165, 1.54) is 0 Å². The van der Waals surface area contributed by atoms with Crippen LogP contribution < -0.4 is 9.47 Å². The van der Waals surface area contributed by atoms with E-state index in [0.717, 1.165) is 22.6 Å². The molecule has 3 nitrogen and oxygen atoms in total. The molecule has 0 radical (unpaired) electrons. The van der Waals surface area contributed by atoms with E-state index in [-0.39, 0.29) is 0 Å². The Morgan fingerprint density at radius 2 is 1.61 bits per heavy atom. The Labute approximate surface area is 107 Å². The number of aromatic nitrogens is 1. The topological polar surface area (TPSA) is 31.4 Å². The molecule has 0 aliphatic rings. The van der Waals surface area contributed by atoms with Crippen molar-refractivity contribution in [3.8, 4) is 11.5 Å². The first-order chi connectivity index (χ1) is 8.81. The summed E-state index contributed by atoms with van der Waals surface area (Å²) < 4.78 is 10.4. The van der Waals surface area contributed by atoms with Crippen LogP contribution in [0.1, 0.15) is 11.1 Å². The van der Waals surface area contributed by atoms with Gasteiger partial charge in [-0.3, -0.25) is 4.98 Å². The summed E-state index contributed by atoms with van der Waals surface area (Å²) in [5, 5.41) is 0. The van der Waals surface area contributed by atoms with Gasteiger partial charge in [0, 0.05) is 18.5 Å². The molecular formula is C15H15NO2. The minimum Gasteiger partial charge on any atom is -0.497 e. The molecule has 0 fully saturated rings. The van der Waals surface area contributed by atoms with Gasteiger partial charge in [0.05, 0.1) is 14.2 Å². The second-order valence-corrected chi connectivity index (χ2v) is 3.77. The van der Waals surface area contributed by atoms with Crippen molar-refractivity contribution in [2.24, 2.45) is 0 Å². The molecule has 0 N–H and O–H groups in total. The van der Waals surface area contributed by atoms with Gasteiger partial charge in [-0.05, 0) is 29.3 Å². The van der Waals surface area contributed by atoms with Crippen LogP contribution in [0.25, 0.3) is 12.2 Å². The van der Waals surface area contributed by atoms with E-state index in [2.05, 4.69) is 4.98 Å². The molecule has 0 amide bonds. The Bertz CT molecular complexity index is 513. The van der Waals surface area contributed by atoms with Crippen molar-refractivity contribution in [3.63, 3.8) is 0 Å². The highest BCUT2D eigenvalue weighted by atomic mass is 16.5. The minimum absolute atomic E-state index is 0.778. The molecule has 0 atom stereocenters. The molecule has 1 aromatic carbocycles. The zero-order valence-electron chi connectivity index (χ0n) is 10.5. The van der Waals surface area contributed by atoms with Gasteiger partial charge in [0.1, 0.15) is 11.5 Å². The van der Waals surface area contributed by atoms with Crippen LogP contribution in [-0.4, -0.2) is 19.2 Å². The van der Waals surface area contributed by atoms with Crippen molar-refractivity contribution in [1.29, 1.82) is 0 Å². The number of ether oxygens (including phenoxy) is 2. The predicted octanol–water partition coefficient (Wildman–Crippen LogP) is 3.27. The van der Waals surface area contributed by atoms with E-state index in [9.17, 15) is 0 Å². The molecule has 0 saturated carbocycles. The van der Waals surface area contributed by atoms with Crippen LogP contribution in [0.3, 0.4) is 0 Å². The third-order valence-electron chi connectivity index (χ3n) is 2.53. The van der Waals surface area contributed by atoms with Crippen LogP contribution in [0.15, 0.2) is 42.7 Å². The molecule has 1 aromatic heterocycles. The average molecular weight is 241 g/mol. The molecule has 0 spiro atoms. The van der Waals surface area contributed by atoms with E-state index in [1.807, 2.05) is 48.7 Å². The Morgan fingerprint density at radius 1 is 0.944 bits per heavy atom. The summed E-state index contributed by atoms with van der Waals surface area (Å²) in [6.07, 6.45) is 7.57. The Hall–Kier alpha value is -2.29. The summed E-state index contributed by atoms with van der Waals surface area (Å²) in [5.74, 6) is 1.56. The van der Waals surface area contributed by atoms with Gasteiger partial charge in [0.25, 0.3) is 0 Å². The predicted molar refractivity (Wildman–Crippen MR) is 72.7 cm³/mol. The maximum absolute atomic E-state index is 5.22. The maximum Gasteiger partial charge on any atom is 0.123 e. The Balaban J connectivity index is 2.25. The minimum atomic E-state index is 0.778. The van der Waals surface area contributed by atoms with Crippen LogP contribution in [0.4, 0.5) is 0 Å². The van der Waals surface area contributed by atoms with Gasteiger partial charge in [-0.1, -0.05) is 18.2 Å². The van der Waals surface area contributed by atoms with Crippen LogP contribution >= 0.6 is 0 Å². The molecule has 3 heteroatoms. The molecule has 92 valence electrons. The molecule has 0 aliphatic carbocycles. The SMILES string of the molecule is COc1cc(/C=C\c2cccnc2)cc(OC)c1. The Kier molecular flexibility index (Phi) is 3.97. The first-order valence-electron chi connectivity index (χ1n) is 5.63. The zero-order chi connectivity index (χ0) is 12.8. The normalized spacial score (nSPS) is 10.6.